The molecule has 0 saturated carbocycles. The lowest BCUT2D eigenvalue weighted by Gasteiger charge is -2.02. The van der Waals surface area contributed by atoms with Crippen molar-refractivity contribution in [2.45, 2.75) is 0 Å². The lowest BCUT2D eigenvalue weighted by molar-refractivity contribution is -0.384. The molecule has 0 aliphatic rings. The number of benzene rings is 2. The Morgan fingerprint density at radius 1 is 1.17 bits per heavy atom. The summed E-state index contributed by atoms with van der Waals surface area (Å²) in [4.78, 5) is 33.4. The van der Waals surface area contributed by atoms with E-state index in [-0.39, 0.29) is 11.3 Å². The number of ketones is 1. The molecule has 2 aromatic rings. The van der Waals surface area contributed by atoms with Gasteiger partial charge in [-0.2, -0.15) is 0 Å². The molecule has 0 fully saturated rings. The molecule has 0 bridgehead atoms. The van der Waals surface area contributed by atoms with Gasteiger partial charge < -0.3 is 4.74 Å². The summed E-state index contributed by atoms with van der Waals surface area (Å²) in [6.07, 6.45) is 2.41. The summed E-state index contributed by atoms with van der Waals surface area (Å²) in [6, 6.07) is 10.6. The average Bonchev–Trinajstić information content (AvgIpc) is 2.58. The molecule has 122 valence electrons. The highest BCUT2D eigenvalue weighted by Crippen LogP contribution is 2.14. The summed E-state index contributed by atoms with van der Waals surface area (Å²) in [5.41, 5.74) is 0.579. The van der Waals surface area contributed by atoms with Gasteiger partial charge in [0.2, 0.25) is 0 Å². The van der Waals surface area contributed by atoms with Gasteiger partial charge in [0.1, 0.15) is 5.82 Å². The second-order valence-corrected chi connectivity index (χ2v) is 4.72. The molecule has 0 heterocycles. The maximum Gasteiger partial charge on any atom is 0.331 e. The Hall–Kier alpha value is -3.35. The molecule has 0 spiro atoms. The fourth-order valence-electron chi connectivity index (χ4n) is 1.81. The zero-order chi connectivity index (χ0) is 17.5. The molecule has 0 aliphatic heterocycles. The molecular formula is C17H12FNO5. The van der Waals surface area contributed by atoms with Gasteiger partial charge in [0.25, 0.3) is 5.69 Å². The highest BCUT2D eigenvalue weighted by atomic mass is 19.1. The van der Waals surface area contributed by atoms with Gasteiger partial charge in [0, 0.05) is 23.8 Å². The topological polar surface area (TPSA) is 86.5 Å². The number of non-ortho nitro benzene ring substituents is 1. The van der Waals surface area contributed by atoms with Crippen molar-refractivity contribution in [3.05, 3.63) is 81.7 Å². The Bertz CT molecular complexity index is 799. The predicted octanol–water partition coefficient (Wildman–Crippen LogP) is 3.17. The van der Waals surface area contributed by atoms with Crippen LogP contribution in [-0.2, 0) is 9.53 Å². The van der Waals surface area contributed by atoms with E-state index in [1.54, 1.807) is 6.07 Å². The van der Waals surface area contributed by atoms with Crippen LogP contribution < -0.4 is 0 Å². The number of rotatable bonds is 6. The molecule has 0 unspecified atom stereocenters. The quantitative estimate of drug-likeness (QED) is 0.267. The minimum absolute atomic E-state index is 0.1000. The van der Waals surface area contributed by atoms with E-state index in [1.807, 2.05) is 0 Å². The number of carbonyl (C=O) groups is 2. The Kier molecular flexibility index (Phi) is 5.51. The lowest BCUT2D eigenvalue weighted by atomic mass is 10.1. The molecule has 0 aromatic heterocycles. The molecule has 0 amide bonds. The van der Waals surface area contributed by atoms with Crippen molar-refractivity contribution in [3.63, 3.8) is 0 Å². The SMILES string of the molecule is O=C(C=Cc1cccc([N+](=O)[O-])c1)OCC(=O)c1ccc(F)cc1. The van der Waals surface area contributed by atoms with Crippen molar-refractivity contribution in [2.75, 3.05) is 6.61 Å². The van der Waals surface area contributed by atoms with Gasteiger partial charge in [-0.05, 0) is 35.9 Å². The van der Waals surface area contributed by atoms with E-state index in [0.717, 1.165) is 18.2 Å². The Morgan fingerprint density at radius 2 is 1.88 bits per heavy atom. The summed E-state index contributed by atoms with van der Waals surface area (Å²) in [5, 5.41) is 10.7. The van der Waals surface area contributed by atoms with E-state index in [0.29, 0.717) is 5.56 Å². The summed E-state index contributed by atoms with van der Waals surface area (Å²) in [5.74, 6) is -1.70. The van der Waals surface area contributed by atoms with Gasteiger partial charge in [-0.3, -0.25) is 14.9 Å². The van der Waals surface area contributed by atoms with Gasteiger partial charge in [0.05, 0.1) is 4.92 Å². The van der Waals surface area contributed by atoms with Crippen molar-refractivity contribution in [3.8, 4) is 0 Å². The molecule has 0 saturated heterocycles. The van der Waals surface area contributed by atoms with E-state index in [1.165, 1.54) is 36.4 Å². The van der Waals surface area contributed by atoms with Crippen LogP contribution in [0.2, 0.25) is 0 Å². The number of carbonyl (C=O) groups excluding carboxylic acids is 2. The van der Waals surface area contributed by atoms with Crippen molar-refractivity contribution >= 4 is 23.5 Å². The van der Waals surface area contributed by atoms with E-state index in [9.17, 15) is 24.1 Å². The first kappa shape index (κ1) is 17.0. The maximum atomic E-state index is 12.8. The van der Waals surface area contributed by atoms with Gasteiger partial charge >= 0.3 is 5.97 Å². The summed E-state index contributed by atoms with van der Waals surface area (Å²) < 4.78 is 17.5. The molecule has 7 heteroatoms. The maximum absolute atomic E-state index is 12.8. The van der Waals surface area contributed by atoms with Gasteiger partial charge in [0.15, 0.2) is 12.4 Å². The number of ether oxygens (including phenoxy) is 1. The van der Waals surface area contributed by atoms with Crippen LogP contribution >= 0.6 is 0 Å². The van der Waals surface area contributed by atoms with Crippen molar-refractivity contribution < 1.29 is 23.6 Å². The predicted molar refractivity (Wildman–Crippen MR) is 83.8 cm³/mol. The number of halogens is 1. The minimum Gasteiger partial charge on any atom is -0.454 e. The molecule has 2 rings (SSSR count). The smallest absolute Gasteiger partial charge is 0.331 e. The highest BCUT2D eigenvalue weighted by molar-refractivity contribution is 5.98. The second-order valence-electron chi connectivity index (χ2n) is 4.72. The molecule has 24 heavy (non-hydrogen) atoms. The number of nitro groups is 1. The van der Waals surface area contributed by atoms with Crippen LogP contribution in [0.5, 0.6) is 0 Å². The number of hydrogen-bond donors (Lipinski definition) is 0. The second kappa shape index (κ2) is 7.77. The Labute approximate surface area is 136 Å². The molecule has 2 aromatic carbocycles. The lowest BCUT2D eigenvalue weighted by Crippen LogP contribution is -2.12. The summed E-state index contributed by atoms with van der Waals surface area (Å²) in [6.45, 7) is -0.482. The minimum atomic E-state index is -0.767. The van der Waals surface area contributed by atoms with Crippen LogP contribution in [0, 0.1) is 15.9 Å². The first-order valence-electron chi connectivity index (χ1n) is 6.84. The van der Waals surface area contributed by atoms with Crippen LogP contribution in [0.1, 0.15) is 15.9 Å². The molecule has 0 radical (unpaired) electrons. The molecule has 6 nitrogen and oxygen atoms in total. The van der Waals surface area contributed by atoms with E-state index < -0.39 is 29.1 Å². The van der Waals surface area contributed by atoms with E-state index in [2.05, 4.69) is 0 Å². The number of esters is 1. The summed E-state index contributed by atoms with van der Waals surface area (Å²) >= 11 is 0. The standard InChI is InChI=1S/C17H12FNO5/c18-14-7-5-13(6-8-14)16(20)11-24-17(21)9-4-12-2-1-3-15(10-12)19(22)23/h1-10H,11H2. The third-order valence-electron chi connectivity index (χ3n) is 3.00. The highest BCUT2D eigenvalue weighted by Gasteiger charge is 2.09. The first-order valence-corrected chi connectivity index (χ1v) is 6.84. The first-order chi connectivity index (χ1) is 11.5. The Balaban J connectivity index is 1.91. The fraction of sp³-hybridized carbons (Fsp3) is 0.0588. The van der Waals surface area contributed by atoms with Crippen molar-refractivity contribution in [1.29, 1.82) is 0 Å². The van der Waals surface area contributed by atoms with E-state index in [4.69, 9.17) is 4.74 Å². The van der Waals surface area contributed by atoms with Crippen molar-refractivity contribution in [2.24, 2.45) is 0 Å². The number of hydrogen-bond acceptors (Lipinski definition) is 5. The Morgan fingerprint density at radius 3 is 2.54 bits per heavy atom. The van der Waals surface area contributed by atoms with E-state index >= 15 is 0 Å². The van der Waals surface area contributed by atoms with Crippen LogP contribution in [0.4, 0.5) is 10.1 Å². The number of nitro benzene ring substituents is 1. The molecule has 0 atom stereocenters. The number of Topliss-reactive ketones (excluding diaryl/α,β-unsaturated/α-hetero) is 1. The molecular weight excluding hydrogens is 317 g/mol. The monoisotopic (exact) mass is 329 g/mol. The zero-order valence-electron chi connectivity index (χ0n) is 12.3. The van der Waals surface area contributed by atoms with Crippen LogP contribution in [0.3, 0.4) is 0 Å². The van der Waals surface area contributed by atoms with Gasteiger partial charge in [-0.25, -0.2) is 9.18 Å². The zero-order valence-corrected chi connectivity index (χ0v) is 12.3. The normalized spacial score (nSPS) is 10.5. The molecule has 0 aliphatic carbocycles. The largest absolute Gasteiger partial charge is 0.454 e. The third kappa shape index (κ3) is 4.84. The van der Waals surface area contributed by atoms with Crippen LogP contribution in [0.25, 0.3) is 6.08 Å². The van der Waals surface area contributed by atoms with Gasteiger partial charge in [-0.15, -0.1) is 0 Å². The van der Waals surface area contributed by atoms with Crippen molar-refractivity contribution in [1.82, 2.24) is 0 Å². The third-order valence-corrected chi connectivity index (χ3v) is 3.00. The molecule has 0 N–H and O–H groups in total. The number of nitrogens with zero attached hydrogens (tertiary/aromatic N) is 1. The summed E-state index contributed by atoms with van der Waals surface area (Å²) in [7, 11) is 0. The average molecular weight is 329 g/mol. The van der Waals surface area contributed by atoms with Gasteiger partial charge in [-0.1, -0.05) is 12.1 Å². The van der Waals surface area contributed by atoms with Crippen LogP contribution in [0.15, 0.2) is 54.6 Å². The fourth-order valence-corrected chi connectivity index (χ4v) is 1.81. The van der Waals surface area contributed by atoms with Crippen LogP contribution in [-0.4, -0.2) is 23.3 Å².